The first kappa shape index (κ1) is 16.2. The maximum atomic E-state index is 12.0. The summed E-state index contributed by atoms with van der Waals surface area (Å²) in [5, 5.41) is 5.47. The third kappa shape index (κ3) is 4.43. The number of hydrogen-bond donors (Lipinski definition) is 2. The van der Waals surface area contributed by atoms with Gasteiger partial charge in [-0.1, -0.05) is 42.5 Å². The van der Waals surface area contributed by atoms with E-state index in [9.17, 15) is 9.59 Å². The van der Waals surface area contributed by atoms with Crippen molar-refractivity contribution in [3.8, 4) is 0 Å². The number of rotatable bonds is 5. The summed E-state index contributed by atoms with van der Waals surface area (Å²) >= 11 is 3.31. The van der Waals surface area contributed by atoms with Gasteiger partial charge in [-0.15, -0.1) is 0 Å². The van der Waals surface area contributed by atoms with Gasteiger partial charge in [0, 0.05) is 4.47 Å². The van der Waals surface area contributed by atoms with Crippen LogP contribution in [-0.4, -0.2) is 18.4 Å². The molecule has 0 unspecified atom stereocenters. The minimum atomic E-state index is -0.282. The first-order chi connectivity index (χ1) is 10.6. The Morgan fingerprint density at radius 1 is 1.05 bits per heavy atom. The molecule has 4 nitrogen and oxygen atoms in total. The number of benzene rings is 2. The first-order valence-electron chi connectivity index (χ1n) is 6.95. The number of carbonyl (C=O) groups is 2. The molecule has 22 heavy (non-hydrogen) atoms. The molecule has 0 aromatic heterocycles. The third-order valence-electron chi connectivity index (χ3n) is 3.21. The number of halogens is 1. The Balaban J connectivity index is 1.85. The zero-order valence-corrected chi connectivity index (χ0v) is 13.8. The molecule has 0 heterocycles. The van der Waals surface area contributed by atoms with E-state index >= 15 is 0 Å². The van der Waals surface area contributed by atoms with E-state index in [-0.39, 0.29) is 24.4 Å². The zero-order valence-electron chi connectivity index (χ0n) is 12.2. The molecule has 0 fully saturated rings. The summed E-state index contributed by atoms with van der Waals surface area (Å²) in [4.78, 5) is 23.9. The fourth-order valence-corrected chi connectivity index (χ4v) is 2.48. The zero-order chi connectivity index (χ0) is 15.9. The quantitative estimate of drug-likeness (QED) is 0.860. The molecule has 0 bridgehead atoms. The highest BCUT2D eigenvalue weighted by Gasteiger charge is 2.12. The van der Waals surface area contributed by atoms with Crippen LogP contribution in [0.3, 0.4) is 0 Å². The van der Waals surface area contributed by atoms with Gasteiger partial charge in [-0.25, -0.2) is 0 Å². The van der Waals surface area contributed by atoms with Crippen LogP contribution in [0.1, 0.15) is 28.9 Å². The molecule has 2 rings (SSSR count). The third-order valence-corrected chi connectivity index (χ3v) is 3.90. The van der Waals surface area contributed by atoms with Crippen molar-refractivity contribution in [3.63, 3.8) is 0 Å². The number of hydrogen-bond acceptors (Lipinski definition) is 2. The molecule has 0 aliphatic rings. The highest BCUT2D eigenvalue weighted by atomic mass is 79.9. The number of nitrogens with one attached hydrogen (secondary N) is 2. The van der Waals surface area contributed by atoms with E-state index in [1.807, 2.05) is 43.3 Å². The van der Waals surface area contributed by atoms with Gasteiger partial charge in [-0.3, -0.25) is 9.59 Å². The van der Waals surface area contributed by atoms with Crippen molar-refractivity contribution in [1.29, 1.82) is 0 Å². The Morgan fingerprint density at radius 3 is 2.36 bits per heavy atom. The van der Waals surface area contributed by atoms with Crippen molar-refractivity contribution in [3.05, 3.63) is 70.2 Å². The summed E-state index contributed by atoms with van der Waals surface area (Å²) in [6, 6.07) is 16.7. The monoisotopic (exact) mass is 360 g/mol. The Kier molecular flexibility index (Phi) is 5.72. The molecular formula is C17H17BrN2O2. The first-order valence-corrected chi connectivity index (χ1v) is 7.74. The van der Waals surface area contributed by atoms with Gasteiger partial charge >= 0.3 is 0 Å². The lowest BCUT2D eigenvalue weighted by Crippen LogP contribution is -2.38. The Hall–Kier alpha value is -2.14. The van der Waals surface area contributed by atoms with Crippen molar-refractivity contribution in [2.75, 3.05) is 6.54 Å². The minimum Gasteiger partial charge on any atom is -0.348 e. The summed E-state index contributed by atoms with van der Waals surface area (Å²) < 4.78 is 0.700. The van der Waals surface area contributed by atoms with Crippen LogP contribution < -0.4 is 10.6 Å². The predicted molar refractivity (Wildman–Crippen MR) is 89.5 cm³/mol. The van der Waals surface area contributed by atoms with E-state index in [1.54, 1.807) is 18.2 Å². The van der Waals surface area contributed by atoms with Crippen LogP contribution in [-0.2, 0) is 4.79 Å². The van der Waals surface area contributed by atoms with E-state index < -0.39 is 0 Å². The van der Waals surface area contributed by atoms with Gasteiger partial charge in [0.1, 0.15) is 0 Å². The number of carbonyl (C=O) groups excluding carboxylic acids is 2. The van der Waals surface area contributed by atoms with Crippen molar-refractivity contribution < 1.29 is 9.59 Å². The van der Waals surface area contributed by atoms with Gasteiger partial charge in [0.15, 0.2) is 0 Å². The molecule has 2 N–H and O–H groups in total. The molecule has 0 saturated heterocycles. The normalized spacial score (nSPS) is 11.5. The van der Waals surface area contributed by atoms with E-state index in [0.717, 1.165) is 5.56 Å². The van der Waals surface area contributed by atoms with Gasteiger partial charge in [0.2, 0.25) is 5.91 Å². The maximum Gasteiger partial charge on any atom is 0.252 e. The van der Waals surface area contributed by atoms with Crippen molar-refractivity contribution in [2.45, 2.75) is 13.0 Å². The predicted octanol–water partition coefficient (Wildman–Crippen LogP) is 3.06. The Labute approximate surface area is 138 Å². The lowest BCUT2D eigenvalue weighted by atomic mass is 10.1. The van der Waals surface area contributed by atoms with Crippen LogP contribution in [0.4, 0.5) is 0 Å². The van der Waals surface area contributed by atoms with E-state index in [4.69, 9.17) is 0 Å². The molecule has 0 radical (unpaired) electrons. The Bertz CT molecular complexity index is 659. The molecule has 2 aromatic carbocycles. The lowest BCUT2D eigenvalue weighted by Gasteiger charge is -2.14. The van der Waals surface area contributed by atoms with Crippen molar-refractivity contribution in [2.24, 2.45) is 0 Å². The fraction of sp³-hybridized carbons (Fsp3) is 0.176. The summed E-state index contributed by atoms with van der Waals surface area (Å²) in [5.74, 6) is -0.508. The van der Waals surface area contributed by atoms with Crippen molar-refractivity contribution >= 4 is 27.7 Å². The summed E-state index contributed by atoms with van der Waals surface area (Å²) in [6.45, 7) is 1.85. The second-order valence-corrected chi connectivity index (χ2v) is 5.72. The smallest absolute Gasteiger partial charge is 0.252 e. The van der Waals surface area contributed by atoms with Gasteiger partial charge in [-0.2, -0.15) is 0 Å². The SMILES string of the molecule is C[C@@H](NC(=O)CNC(=O)c1ccccc1Br)c1ccccc1. The van der Waals surface area contributed by atoms with Crippen LogP contribution in [0.15, 0.2) is 59.1 Å². The molecule has 0 spiro atoms. The lowest BCUT2D eigenvalue weighted by molar-refractivity contribution is -0.120. The molecule has 0 saturated carbocycles. The molecule has 0 aliphatic heterocycles. The van der Waals surface area contributed by atoms with Crippen molar-refractivity contribution in [1.82, 2.24) is 10.6 Å². The van der Waals surface area contributed by atoms with Gasteiger partial charge in [0.25, 0.3) is 5.91 Å². The van der Waals surface area contributed by atoms with Crippen LogP contribution in [0.25, 0.3) is 0 Å². The van der Waals surface area contributed by atoms with Crippen LogP contribution in [0.2, 0.25) is 0 Å². The number of amides is 2. The van der Waals surface area contributed by atoms with Gasteiger partial charge in [-0.05, 0) is 40.5 Å². The minimum absolute atomic E-state index is 0.0582. The summed E-state index contributed by atoms with van der Waals surface area (Å²) in [5.41, 5.74) is 1.53. The maximum absolute atomic E-state index is 12.0. The standard InChI is InChI=1S/C17H17BrN2O2/c1-12(13-7-3-2-4-8-13)20-16(21)11-19-17(22)14-9-5-6-10-15(14)18/h2-10,12H,11H2,1H3,(H,19,22)(H,20,21)/t12-/m1/s1. The van der Waals surface area contributed by atoms with E-state index in [2.05, 4.69) is 26.6 Å². The largest absolute Gasteiger partial charge is 0.348 e. The fourth-order valence-electron chi connectivity index (χ4n) is 2.02. The molecule has 2 aromatic rings. The van der Waals surface area contributed by atoms with E-state index in [1.165, 1.54) is 0 Å². The molecule has 0 aliphatic carbocycles. The van der Waals surface area contributed by atoms with Crippen LogP contribution in [0.5, 0.6) is 0 Å². The average Bonchev–Trinajstić information content (AvgIpc) is 2.54. The molecule has 1 atom stereocenters. The second-order valence-electron chi connectivity index (χ2n) is 4.86. The van der Waals surface area contributed by atoms with Gasteiger partial charge < -0.3 is 10.6 Å². The molecule has 2 amide bonds. The molecular weight excluding hydrogens is 344 g/mol. The Morgan fingerprint density at radius 2 is 1.68 bits per heavy atom. The molecule has 114 valence electrons. The topological polar surface area (TPSA) is 58.2 Å². The highest BCUT2D eigenvalue weighted by molar-refractivity contribution is 9.10. The highest BCUT2D eigenvalue weighted by Crippen LogP contribution is 2.15. The van der Waals surface area contributed by atoms with Crippen LogP contribution >= 0.6 is 15.9 Å². The summed E-state index contributed by atoms with van der Waals surface area (Å²) in [6.07, 6.45) is 0. The van der Waals surface area contributed by atoms with E-state index in [0.29, 0.717) is 10.0 Å². The second kappa shape index (κ2) is 7.75. The summed E-state index contributed by atoms with van der Waals surface area (Å²) in [7, 11) is 0. The molecule has 5 heteroatoms. The van der Waals surface area contributed by atoms with Gasteiger partial charge in [0.05, 0.1) is 18.2 Å². The van der Waals surface area contributed by atoms with Crippen LogP contribution in [0, 0.1) is 0 Å². The average molecular weight is 361 g/mol.